The molecule has 0 bridgehead atoms. The van der Waals surface area contributed by atoms with Gasteiger partial charge in [0.15, 0.2) is 0 Å². The summed E-state index contributed by atoms with van der Waals surface area (Å²) in [5, 5.41) is 13.3. The molecule has 1 aromatic heterocycles. The quantitative estimate of drug-likeness (QED) is 0.787. The Hall–Kier alpha value is -2.21. The van der Waals surface area contributed by atoms with Crippen LogP contribution in [0.25, 0.3) is 11.1 Å². The van der Waals surface area contributed by atoms with E-state index >= 15 is 0 Å². The first-order valence-corrected chi connectivity index (χ1v) is 6.95. The monoisotopic (exact) mass is 289 g/mol. The zero-order valence-electron chi connectivity index (χ0n) is 11.4. The van der Waals surface area contributed by atoms with Crippen LogP contribution >= 0.6 is 0 Å². The zero-order chi connectivity index (χ0) is 14.8. The van der Waals surface area contributed by atoms with Crippen molar-refractivity contribution in [2.24, 2.45) is 0 Å². The lowest BCUT2D eigenvalue weighted by molar-refractivity contribution is 0.421. The van der Waals surface area contributed by atoms with Gasteiger partial charge in [0.05, 0.1) is 0 Å². The van der Waals surface area contributed by atoms with Crippen LogP contribution in [0.3, 0.4) is 0 Å². The molecule has 110 valence electrons. The highest BCUT2D eigenvalue weighted by atomic mass is 19.1. The number of rotatable bonds is 2. The van der Waals surface area contributed by atoms with Crippen molar-refractivity contribution in [1.29, 1.82) is 0 Å². The number of aromatic amines is 1. The predicted octanol–water partition coefficient (Wildman–Crippen LogP) is 1.75. The first-order valence-electron chi connectivity index (χ1n) is 6.95. The molecule has 21 heavy (non-hydrogen) atoms. The summed E-state index contributed by atoms with van der Waals surface area (Å²) in [6, 6.07) is 5.83. The predicted molar refractivity (Wildman–Crippen MR) is 76.8 cm³/mol. The second-order valence-electron chi connectivity index (χ2n) is 5.17. The fourth-order valence-electron chi connectivity index (χ4n) is 2.66. The summed E-state index contributed by atoms with van der Waals surface area (Å²) in [5.41, 5.74) is -0.592. The van der Waals surface area contributed by atoms with Crippen LogP contribution in [-0.4, -0.2) is 28.2 Å². The van der Waals surface area contributed by atoms with Gasteiger partial charge >= 0.3 is 0 Å². The summed E-state index contributed by atoms with van der Waals surface area (Å²) in [7, 11) is 0. The molecule has 2 heterocycles. The first-order chi connectivity index (χ1) is 10.2. The van der Waals surface area contributed by atoms with Crippen molar-refractivity contribution in [3.8, 4) is 17.0 Å². The molecular formula is C15H16FN3O2. The summed E-state index contributed by atoms with van der Waals surface area (Å²) in [6.45, 7) is 1.65. The minimum Gasteiger partial charge on any atom is -0.493 e. The van der Waals surface area contributed by atoms with E-state index in [1.54, 1.807) is 6.07 Å². The largest absolute Gasteiger partial charge is 0.493 e. The van der Waals surface area contributed by atoms with Gasteiger partial charge in [0.2, 0.25) is 5.88 Å². The fourth-order valence-corrected chi connectivity index (χ4v) is 2.66. The molecule has 3 rings (SSSR count). The minimum absolute atomic E-state index is 0.0528. The number of aromatic nitrogens is 2. The highest BCUT2D eigenvalue weighted by Gasteiger charge is 2.21. The van der Waals surface area contributed by atoms with Crippen LogP contribution in [0.1, 0.15) is 24.6 Å². The number of aromatic hydroxyl groups is 1. The second kappa shape index (κ2) is 5.65. The van der Waals surface area contributed by atoms with E-state index in [9.17, 15) is 14.3 Å². The first kappa shape index (κ1) is 13.8. The second-order valence-corrected chi connectivity index (χ2v) is 5.17. The van der Waals surface area contributed by atoms with Gasteiger partial charge in [0.1, 0.15) is 17.2 Å². The fraction of sp³-hybridized carbons (Fsp3) is 0.333. The van der Waals surface area contributed by atoms with Crippen LogP contribution < -0.4 is 10.9 Å². The number of halogens is 1. The highest BCUT2D eigenvalue weighted by Crippen LogP contribution is 2.28. The standard InChI is InChI=1S/C15H16FN3O2/c16-11-6-2-1-5-10(11)12-14(20)18-13(19-15(12)21)9-4-3-7-17-8-9/h1-2,5-6,9,17H,3-4,7-8H2,(H2,18,19,20,21). The van der Waals surface area contributed by atoms with Crippen molar-refractivity contribution in [2.45, 2.75) is 18.8 Å². The topological polar surface area (TPSA) is 78.0 Å². The van der Waals surface area contributed by atoms with E-state index < -0.39 is 17.3 Å². The van der Waals surface area contributed by atoms with Crippen LogP contribution in [0.5, 0.6) is 5.88 Å². The molecule has 0 amide bonds. The molecule has 0 aliphatic carbocycles. The van der Waals surface area contributed by atoms with Crippen molar-refractivity contribution in [1.82, 2.24) is 15.3 Å². The van der Waals surface area contributed by atoms with Crippen molar-refractivity contribution in [3.63, 3.8) is 0 Å². The number of hydrogen-bond donors (Lipinski definition) is 3. The van der Waals surface area contributed by atoms with E-state index in [0.29, 0.717) is 12.4 Å². The molecule has 5 nitrogen and oxygen atoms in total. The average Bonchev–Trinajstić information content (AvgIpc) is 2.49. The third-order valence-corrected chi connectivity index (χ3v) is 3.75. The smallest absolute Gasteiger partial charge is 0.262 e. The van der Waals surface area contributed by atoms with E-state index in [-0.39, 0.29) is 17.0 Å². The number of H-pyrrole nitrogens is 1. The van der Waals surface area contributed by atoms with Gasteiger partial charge in [0.25, 0.3) is 5.56 Å². The van der Waals surface area contributed by atoms with Crippen molar-refractivity contribution < 1.29 is 9.50 Å². The van der Waals surface area contributed by atoms with Crippen LogP contribution in [0, 0.1) is 5.82 Å². The lowest BCUT2D eigenvalue weighted by atomic mass is 9.98. The van der Waals surface area contributed by atoms with Gasteiger partial charge in [-0.25, -0.2) is 4.39 Å². The van der Waals surface area contributed by atoms with Gasteiger partial charge in [-0.3, -0.25) is 4.79 Å². The van der Waals surface area contributed by atoms with Gasteiger partial charge < -0.3 is 15.4 Å². The van der Waals surface area contributed by atoms with Crippen molar-refractivity contribution in [2.75, 3.05) is 13.1 Å². The lowest BCUT2D eigenvalue weighted by Crippen LogP contribution is -2.30. The molecule has 2 aromatic rings. The maximum absolute atomic E-state index is 13.8. The van der Waals surface area contributed by atoms with E-state index in [2.05, 4.69) is 15.3 Å². The molecule has 0 saturated carbocycles. The highest BCUT2D eigenvalue weighted by molar-refractivity contribution is 5.67. The van der Waals surface area contributed by atoms with E-state index in [1.807, 2.05) is 0 Å². The number of benzene rings is 1. The van der Waals surface area contributed by atoms with Gasteiger partial charge in [-0.2, -0.15) is 4.98 Å². The van der Waals surface area contributed by atoms with Crippen LogP contribution in [0.4, 0.5) is 4.39 Å². The van der Waals surface area contributed by atoms with Crippen molar-refractivity contribution >= 4 is 0 Å². The molecule has 0 radical (unpaired) electrons. The molecule has 1 unspecified atom stereocenters. The summed E-state index contributed by atoms with van der Waals surface area (Å²) in [5.74, 6) is -0.478. The van der Waals surface area contributed by atoms with E-state index in [0.717, 1.165) is 19.4 Å². The maximum Gasteiger partial charge on any atom is 0.262 e. The Morgan fingerprint density at radius 2 is 2.14 bits per heavy atom. The van der Waals surface area contributed by atoms with Gasteiger partial charge in [-0.05, 0) is 25.5 Å². The normalized spacial score (nSPS) is 18.6. The summed E-state index contributed by atoms with van der Waals surface area (Å²) in [4.78, 5) is 19.0. The van der Waals surface area contributed by atoms with E-state index in [4.69, 9.17) is 0 Å². The molecule has 1 saturated heterocycles. The number of nitrogens with one attached hydrogen (secondary N) is 2. The molecule has 1 aromatic carbocycles. The minimum atomic E-state index is -0.563. The van der Waals surface area contributed by atoms with Crippen LogP contribution in [0.2, 0.25) is 0 Å². The Labute approximate surface area is 120 Å². The Balaban J connectivity index is 2.05. The zero-order valence-corrected chi connectivity index (χ0v) is 11.4. The molecule has 6 heteroatoms. The number of hydrogen-bond acceptors (Lipinski definition) is 4. The van der Waals surface area contributed by atoms with Crippen LogP contribution in [0.15, 0.2) is 29.1 Å². The Morgan fingerprint density at radius 3 is 2.81 bits per heavy atom. The van der Waals surface area contributed by atoms with Gasteiger partial charge in [-0.15, -0.1) is 0 Å². The molecule has 1 aliphatic rings. The summed E-state index contributed by atoms with van der Waals surface area (Å²) in [6.07, 6.45) is 1.89. The van der Waals surface area contributed by atoms with Gasteiger partial charge in [0, 0.05) is 18.0 Å². The average molecular weight is 289 g/mol. The van der Waals surface area contributed by atoms with E-state index in [1.165, 1.54) is 18.2 Å². The Kier molecular flexibility index (Phi) is 3.70. The Morgan fingerprint density at radius 1 is 1.33 bits per heavy atom. The van der Waals surface area contributed by atoms with Gasteiger partial charge in [-0.1, -0.05) is 18.2 Å². The molecule has 3 N–H and O–H groups in total. The molecule has 1 aliphatic heterocycles. The summed E-state index contributed by atoms with van der Waals surface area (Å²) < 4.78 is 13.8. The molecular weight excluding hydrogens is 273 g/mol. The number of piperidine rings is 1. The third-order valence-electron chi connectivity index (χ3n) is 3.75. The summed E-state index contributed by atoms with van der Waals surface area (Å²) >= 11 is 0. The SMILES string of the molecule is O=c1[nH]c(C2CCCNC2)nc(O)c1-c1ccccc1F. The lowest BCUT2D eigenvalue weighted by Gasteiger charge is -2.22. The Bertz CT molecular complexity index is 708. The maximum atomic E-state index is 13.8. The number of nitrogens with zero attached hydrogens (tertiary/aromatic N) is 1. The third kappa shape index (κ3) is 2.67. The van der Waals surface area contributed by atoms with Crippen LogP contribution in [-0.2, 0) is 0 Å². The molecule has 0 spiro atoms. The molecule has 1 fully saturated rings. The molecule has 1 atom stereocenters. The van der Waals surface area contributed by atoms with Crippen molar-refractivity contribution in [3.05, 3.63) is 46.3 Å².